The minimum absolute atomic E-state index is 0. The molecule has 5 heteroatoms. The summed E-state index contributed by atoms with van der Waals surface area (Å²) in [4.78, 5) is 6.99. The first-order valence-corrected chi connectivity index (χ1v) is 1.15. The molecule has 0 aliphatic carbocycles. The molecule has 0 saturated carbocycles. The molecule has 0 aliphatic heterocycles. The van der Waals surface area contributed by atoms with E-state index in [0.29, 0.717) is 0 Å². The Morgan fingerprint density at radius 2 is 1.80 bits per heavy atom. The fourth-order valence-corrected chi connectivity index (χ4v) is 0. The molecular weight excluding hydrogens is 119 g/mol. The zero-order valence-corrected chi connectivity index (χ0v) is 5.61. The third-order valence-corrected chi connectivity index (χ3v) is 0. The van der Waals surface area contributed by atoms with Crippen LogP contribution in [0.4, 0.5) is 0 Å². The summed E-state index contributed by atoms with van der Waals surface area (Å²) in [6, 6.07) is 0. The Bertz CT molecular complexity index is 20.4. The number of hydrogen-bond donors (Lipinski definition) is 1. The molecular formula is H5CaO3P. The van der Waals surface area contributed by atoms with Crippen LogP contribution in [-0.2, 0) is 4.57 Å². The molecule has 0 bridgehead atoms. The predicted octanol–water partition coefficient (Wildman–Crippen LogP) is -0.795. The van der Waals surface area contributed by atoms with Crippen molar-refractivity contribution in [3.63, 3.8) is 0 Å². The van der Waals surface area contributed by atoms with E-state index in [2.05, 4.69) is 0 Å². The first-order valence-electron chi connectivity index (χ1n) is 0.383. The quantitative estimate of drug-likeness (QED) is 0.339. The maximum absolute atomic E-state index is 8.46. The molecule has 0 atom stereocenters. The monoisotopic (exact) mass is 124 g/mol. The Hall–Kier alpha value is 1.28. The molecule has 0 aromatic carbocycles. The Kier molecular flexibility index (Phi) is 60.6. The molecule has 0 heterocycles. The van der Waals surface area contributed by atoms with Crippen LogP contribution in [-0.4, -0.2) is 48.1 Å². The van der Waals surface area contributed by atoms with E-state index >= 15 is 0 Å². The van der Waals surface area contributed by atoms with Gasteiger partial charge in [0.1, 0.15) is 0 Å². The van der Waals surface area contributed by atoms with E-state index < -0.39 is 8.69 Å². The fourth-order valence-electron chi connectivity index (χ4n) is 0. The van der Waals surface area contributed by atoms with Crippen molar-refractivity contribution in [1.82, 2.24) is 0 Å². The zero-order chi connectivity index (χ0) is 2.71. The smallest absolute Gasteiger partial charge is 1.00 e. The molecule has 3 nitrogen and oxygen atoms in total. The number of rotatable bonds is 0. The van der Waals surface area contributed by atoms with Crippen molar-refractivity contribution in [2.75, 3.05) is 0 Å². The van der Waals surface area contributed by atoms with E-state index in [1.165, 1.54) is 0 Å². The second-order valence-corrected chi connectivity index (χ2v) is 0.245. The second kappa shape index (κ2) is 18.6. The standard InChI is InChI=1S/Ca.HO2P.H2O.2H/c;1-3-2;;;/h;(H,1,2);1H2;;/q+2;;;2*-1. The molecule has 5 heavy (non-hydrogen) atoms. The van der Waals surface area contributed by atoms with Crippen LogP contribution in [0, 0.1) is 0 Å². The summed E-state index contributed by atoms with van der Waals surface area (Å²) >= 11 is 0. The molecule has 0 aromatic rings. The van der Waals surface area contributed by atoms with Crippen LogP contribution >= 0.6 is 8.69 Å². The van der Waals surface area contributed by atoms with Gasteiger partial charge >= 0.3 is 46.4 Å². The fraction of sp³-hybridized carbons (Fsp3) is 0. The van der Waals surface area contributed by atoms with Gasteiger partial charge in [0.25, 0.3) is 0 Å². The van der Waals surface area contributed by atoms with Crippen LogP contribution in [0.2, 0.25) is 0 Å². The molecule has 30 valence electrons. The summed E-state index contributed by atoms with van der Waals surface area (Å²) in [6.07, 6.45) is 0. The van der Waals surface area contributed by atoms with Crippen LogP contribution in [0.1, 0.15) is 2.85 Å². The zero-order valence-electron chi connectivity index (χ0n) is 4.51. The largest absolute Gasteiger partial charge is 2.00 e. The van der Waals surface area contributed by atoms with Crippen molar-refractivity contribution in [2.45, 2.75) is 0 Å². The summed E-state index contributed by atoms with van der Waals surface area (Å²) in [5, 5.41) is 0. The van der Waals surface area contributed by atoms with Gasteiger partial charge in [0, 0.05) is 0 Å². The van der Waals surface area contributed by atoms with E-state index in [9.17, 15) is 0 Å². The third kappa shape index (κ3) is 34.7. The van der Waals surface area contributed by atoms with Crippen molar-refractivity contribution in [3.8, 4) is 0 Å². The Morgan fingerprint density at radius 1 is 1.80 bits per heavy atom. The molecule has 0 fully saturated rings. The topological polar surface area (TPSA) is 68.8 Å². The van der Waals surface area contributed by atoms with E-state index in [0.717, 1.165) is 0 Å². The molecule has 0 amide bonds. The van der Waals surface area contributed by atoms with Gasteiger partial charge in [0.2, 0.25) is 0 Å². The minimum Gasteiger partial charge on any atom is -1.00 e. The van der Waals surface area contributed by atoms with Crippen LogP contribution in [0.3, 0.4) is 0 Å². The molecule has 0 radical (unpaired) electrons. The van der Waals surface area contributed by atoms with Crippen molar-refractivity contribution < 1.29 is 17.8 Å². The van der Waals surface area contributed by atoms with Crippen molar-refractivity contribution in [1.29, 1.82) is 0 Å². The van der Waals surface area contributed by atoms with E-state index in [1.807, 2.05) is 0 Å². The van der Waals surface area contributed by atoms with Gasteiger partial charge in [-0.05, 0) is 0 Å². The normalized spacial score (nSPS) is 4.20. The van der Waals surface area contributed by atoms with Crippen LogP contribution in [0.15, 0.2) is 0 Å². The first kappa shape index (κ1) is 16.3. The summed E-state index contributed by atoms with van der Waals surface area (Å²) < 4.78 is 8.46. The van der Waals surface area contributed by atoms with Crippen LogP contribution in [0.5, 0.6) is 0 Å². The molecule has 0 rings (SSSR count). The van der Waals surface area contributed by atoms with Gasteiger partial charge in [0.15, 0.2) is 0 Å². The molecule has 0 aliphatic rings. The maximum atomic E-state index is 8.46. The van der Waals surface area contributed by atoms with E-state index in [4.69, 9.17) is 9.46 Å². The van der Waals surface area contributed by atoms with E-state index in [-0.39, 0.29) is 46.1 Å². The summed E-state index contributed by atoms with van der Waals surface area (Å²) in [7, 11) is -0.833. The number of hydrogen-bond acceptors (Lipinski definition) is 1. The Morgan fingerprint density at radius 3 is 1.80 bits per heavy atom. The van der Waals surface area contributed by atoms with Crippen molar-refractivity contribution in [2.24, 2.45) is 0 Å². The molecule has 3 N–H and O–H groups in total. The Labute approximate surface area is 63.9 Å². The summed E-state index contributed by atoms with van der Waals surface area (Å²) in [5.74, 6) is 0. The SMILES string of the molecule is O.O=PO.[Ca+2].[H-].[H-]. The summed E-state index contributed by atoms with van der Waals surface area (Å²) in [5.41, 5.74) is 0. The average molecular weight is 124 g/mol. The van der Waals surface area contributed by atoms with E-state index in [1.54, 1.807) is 0 Å². The molecule has 0 unspecified atom stereocenters. The maximum Gasteiger partial charge on any atom is 2.00 e. The summed E-state index contributed by atoms with van der Waals surface area (Å²) in [6.45, 7) is 0. The Balaban J connectivity index is -0.00000000333. The van der Waals surface area contributed by atoms with Gasteiger partial charge in [-0.25, -0.2) is 4.57 Å². The third-order valence-electron chi connectivity index (χ3n) is 0. The molecule has 0 spiro atoms. The van der Waals surface area contributed by atoms with Gasteiger partial charge in [0.05, 0.1) is 0 Å². The predicted molar refractivity (Wildman–Crippen MR) is 21.4 cm³/mol. The second-order valence-electron chi connectivity index (χ2n) is 0.0816. The van der Waals surface area contributed by atoms with Crippen molar-refractivity contribution >= 4 is 46.4 Å². The van der Waals surface area contributed by atoms with Gasteiger partial charge in [-0.3, -0.25) is 0 Å². The van der Waals surface area contributed by atoms with Gasteiger partial charge in [-0.2, -0.15) is 0 Å². The van der Waals surface area contributed by atoms with Crippen molar-refractivity contribution in [3.05, 3.63) is 0 Å². The van der Waals surface area contributed by atoms with Gasteiger partial charge in [-0.15, -0.1) is 0 Å². The molecule has 0 aromatic heterocycles. The minimum atomic E-state index is -0.833. The van der Waals surface area contributed by atoms with Crippen LogP contribution < -0.4 is 0 Å². The van der Waals surface area contributed by atoms with Gasteiger partial charge in [-0.1, -0.05) is 0 Å². The van der Waals surface area contributed by atoms with Crippen LogP contribution in [0.25, 0.3) is 0 Å². The van der Waals surface area contributed by atoms with Gasteiger partial charge < -0.3 is 13.2 Å². The molecule has 0 saturated heterocycles. The average Bonchev–Trinajstić information content (AvgIpc) is 0.918. The first-order chi connectivity index (χ1) is 1.41.